The molecule has 1 rings (SSSR count). The molecular formula is C14H19NO5. The summed E-state index contributed by atoms with van der Waals surface area (Å²) in [5, 5.41) is 13.7. The smallest absolute Gasteiger partial charge is 0.316 e. The molecule has 1 N–H and O–H groups in total. The van der Waals surface area contributed by atoms with Crippen molar-refractivity contribution in [2.24, 2.45) is 16.5 Å². The van der Waals surface area contributed by atoms with Crippen molar-refractivity contribution in [1.29, 1.82) is 0 Å². The molecule has 0 unspecified atom stereocenters. The lowest BCUT2D eigenvalue weighted by molar-refractivity contribution is -0.150. The summed E-state index contributed by atoms with van der Waals surface area (Å²) in [6, 6.07) is 0. The fourth-order valence-electron chi connectivity index (χ4n) is 2.15. The number of carbonyl (C=O) groups excluding carboxylic acids is 2. The molecule has 0 spiro atoms. The van der Waals surface area contributed by atoms with Gasteiger partial charge >= 0.3 is 5.97 Å². The molecule has 20 heavy (non-hydrogen) atoms. The number of esters is 1. The Morgan fingerprint density at radius 2 is 2.25 bits per heavy atom. The molecule has 6 heteroatoms. The van der Waals surface area contributed by atoms with Crippen molar-refractivity contribution < 1.29 is 24.3 Å². The van der Waals surface area contributed by atoms with E-state index in [2.05, 4.69) is 16.5 Å². The zero-order valence-electron chi connectivity index (χ0n) is 11.9. The minimum absolute atomic E-state index is 0.0243. The second-order valence-corrected chi connectivity index (χ2v) is 5.16. The first-order chi connectivity index (χ1) is 9.35. The van der Waals surface area contributed by atoms with Crippen LogP contribution in [-0.2, 0) is 19.2 Å². The van der Waals surface area contributed by atoms with Crippen molar-refractivity contribution >= 4 is 18.0 Å². The van der Waals surface area contributed by atoms with E-state index in [-0.39, 0.29) is 30.1 Å². The van der Waals surface area contributed by atoms with E-state index in [9.17, 15) is 14.7 Å². The number of carbonyl (C=O) groups is 2. The van der Waals surface area contributed by atoms with E-state index >= 15 is 0 Å². The average molecular weight is 281 g/mol. The molecule has 0 saturated heterocycles. The van der Waals surface area contributed by atoms with Crippen LogP contribution in [0.3, 0.4) is 0 Å². The number of hydrogen-bond donors (Lipinski definition) is 1. The third-order valence-corrected chi connectivity index (χ3v) is 3.13. The summed E-state index contributed by atoms with van der Waals surface area (Å²) >= 11 is 0. The Morgan fingerprint density at radius 1 is 1.60 bits per heavy atom. The summed E-state index contributed by atoms with van der Waals surface area (Å²) < 4.78 is 4.69. The lowest BCUT2D eigenvalue weighted by atomic mass is 9.68. The highest BCUT2D eigenvalue weighted by Gasteiger charge is 2.46. The molecule has 0 bridgehead atoms. The lowest BCUT2D eigenvalue weighted by Gasteiger charge is -2.35. The predicted octanol–water partition coefficient (Wildman–Crippen LogP) is 1.78. The Morgan fingerprint density at radius 3 is 2.80 bits per heavy atom. The second kappa shape index (κ2) is 6.36. The monoisotopic (exact) mass is 281 g/mol. The fraction of sp³-hybridized carbons (Fsp3) is 0.500. The fourth-order valence-corrected chi connectivity index (χ4v) is 2.15. The van der Waals surface area contributed by atoms with Gasteiger partial charge in [0.1, 0.15) is 18.3 Å². The highest BCUT2D eigenvalue weighted by molar-refractivity contribution is 6.15. The summed E-state index contributed by atoms with van der Waals surface area (Å²) in [7, 11) is 1.24. The van der Waals surface area contributed by atoms with Gasteiger partial charge in [-0.25, -0.2) is 0 Å². The van der Waals surface area contributed by atoms with Gasteiger partial charge in [0, 0.05) is 6.42 Å². The van der Waals surface area contributed by atoms with Crippen molar-refractivity contribution in [1.82, 2.24) is 0 Å². The van der Waals surface area contributed by atoms with Crippen LogP contribution in [0.2, 0.25) is 0 Å². The molecule has 0 aromatic heterocycles. The third-order valence-electron chi connectivity index (χ3n) is 3.13. The van der Waals surface area contributed by atoms with E-state index in [4.69, 9.17) is 4.84 Å². The quantitative estimate of drug-likeness (QED) is 0.273. The zero-order chi connectivity index (χ0) is 15.3. The van der Waals surface area contributed by atoms with Crippen molar-refractivity contribution in [3.05, 3.63) is 24.0 Å². The minimum Gasteiger partial charge on any atom is -0.511 e. The number of rotatable bonds is 5. The van der Waals surface area contributed by atoms with Crippen LogP contribution in [0.5, 0.6) is 0 Å². The molecular weight excluding hydrogens is 262 g/mol. The van der Waals surface area contributed by atoms with E-state index < -0.39 is 17.3 Å². The molecule has 1 aliphatic carbocycles. The number of methoxy groups -OCH3 is 1. The molecule has 0 fully saturated rings. The van der Waals surface area contributed by atoms with Gasteiger partial charge in [-0.2, -0.15) is 0 Å². The van der Waals surface area contributed by atoms with E-state index in [1.54, 1.807) is 13.8 Å². The maximum Gasteiger partial charge on any atom is 0.316 e. The third kappa shape index (κ3) is 3.26. The number of Topliss-reactive ketones (excluding diaryl/α,β-unsaturated/α-hetero) is 1. The molecule has 0 aromatic carbocycles. The standard InChI is InChI=1S/C14H19NO5/c1-5-6-20-15-8-9-10(16)7-14(2,3)11(12(9)17)13(18)19-4/h5,8,11,17H,1,6-7H2,2-4H3/t11-/m1/s1. The highest BCUT2D eigenvalue weighted by atomic mass is 16.6. The van der Waals surface area contributed by atoms with Gasteiger partial charge in [0.25, 0.3) is 0 Å². The molecule has 0 heterocycles. The van der Waals surface area contributed by atoms with Gasteiger partial charge in [-0.05, 0) is 5.41 Å². The highest BCUT2D eigenvalue weighted by Crippen LogP contribution is 2.41. The number of aliphatic hydroxyl groups is 1. The summed E-state index contributed by atoms with van der Waals surface area (Å²) in [4.78, 5) is 28.6. The van der Waals surface area contributed by atoms with Gasteiger partial charge < -0.3 is 14.7 Å². The number of aliphatic hydroxyl groups excluding tert-OH is 1. The first kappa shape index (κ1) is 15.9. The molecule has 0 radical (unpaired) electrons. The van der Waals surface area contributed by atoms with Gasteiger partial charge in [0.15, 0.2) is 5.78 Å². The van der Waals surface area contributed by atoms with Gasteiger partial charge in [0.2, 0.25) is 0 Å². The zero-order valence-corrected chi connectivity index (χ0v) is 11.9. The molecule has 0 aliphatic heterocycles. The van der Waals surface area contributed by atoms with Crippen molar-refractivity contribution in [2.75, 3.05) is 13.7 Å². The maximum absolute atomic E-state index is 12.0. The lowest BCUT2D eigenvalue weighted by Crippen LogP contribution is -2.40. The number of nitrogens with zero attached hydrogens (tertiary/aromatic N) is 1. The largest absolute Gasteiger partial charge is 0.511 e. The van der Waals surface area contributed by atoms with Crippen LogP contribution in [0.25, 0.3) is 0 Å². The SMILES string of the molecule is C=CCON=CC1=C(O)[C@H](C(=O)OC)C(C)(C)CC1=O. The number of oxime groups is 1. The molecule has 1 aliphatic rings. The summed E-state index contributed by atoms with van der Waals surface area (Å²) in [5.74, 6) is -2.10. The first-order valence-corrected chi connectivity index (χ1v) is 6.15. The summed E-state index contributed by atoms with van der Waals surface area (Å²) in [6.07, 6.45) is 2.72. The van der Waals surface area contributed by atoms with Crippen LogP contribution in [0.1, 0.15) is 20.3 Å². The molecule has 0 aromatic rings. The second-order valence-electron chi connectivity index (χ2n) is 5.16. The van der Waals surface area contributed by atoms with Crippen molar-refractivity contribution in [2.45, 2.75) is 20.3 Å². The maximum atomic E-state index is 12.0. The molecule has 6 nitrogen and oxygen atoms in total. The van der Waals surface area contributed by atoms with Crippen LogP contribution in [0.4, 0.5) is 0 Å². The Labute approximate surface area is 117 Å². The Bertz CT molecular complexity index is 476. The van der Waals surface area contributed by atoms with Gasteiger partial charge in [-0.1, -0.05) is 31.7 Å². The van der Waals surface area contributed by atoms with Gasteiger partial charge in [0.05, 0.1) is 18.9 Å². The first-order valence-electron chi connectivity index (χ1n) is 6.15. The Balaban J connectivity index is 3.12. The van der Waals surface area contributed by atoms with Crippen LogP contribution in [-0.4, -0.2) is 36.8 Å². The number of ether oxygens (including phenoxy) is 1. The number of allylic oxidation sites excluding steroid dienone is 1. The van der Waals surface area contributed by atoms with E-state index in [0.29, 0.717) is 0 Å². The van der Waals surface area contributed by atoms with E-state index in [1.807, 2.05) is 0 Å². The topological polar surface area (TPSA) is 85.2 Å². The van der Waals surface area contributed by atoms with Crippen LogP contribution in [0.15, 0.2) is 29.1 Å². The molecule has 110 valence electrons. The predicted molar refractivity (Wildman–Crippen MR) is 73.2 cm³/mol. The molecule has 0 saturated carbocycles. The number of hydrogen-bond acceptors (Lipinski definition) is 6. The average Bonchev–Trinajstić information content (AvgIpc) is 2.36. The summed E-state index contributed by atoms with van der Waals surface area (Å²) in [5.41, 5.74) is -0.739. The van der Waals surface area contributed by atoms with Crippen LogP contribution in [0, 0.1) is 11.3 Å². The van der Waals surface area contributed by atoms with Crippen LogP contribution < -0.4 is 0 Å². The Kier molecular flexibility index (Phi) is 5.07. The normalized spacial score (nSPS) is 21.9. The minimum atomic E-state index is -0.897. The van der Waals surface area contributed by atoms with E-state index in [0.717, 1.165) is 6.21 Å². The molecule has 1 atom stereocenters. The van der Waals surface area contributed by atoms with Crippen molar-refractivity contribution in [3.63, 3.8) is 0 Å². The van der Waals surface area contributed by atoms with Gasteiger partial charge in [-0.15, -0.1) is 0 Å². The summed E-state index contributed by atoms with van der Waals surface area (Å²) in [6.45, 7) is 7.09. The Hall–Kier alpha value is -2.11. The van der Waals surface area contributed by atoms with Crippen LogP contribution >= 0.6 is 0 Å². The van der Waals surface area contributed by atoms with Gasteiger partial charge in [-0.3, -0.25) is 9.59 Å². The van der Waals surface area contributed by atoms with Crippen molar-refractivity contribution in [3.8, 4) is 0 Å². The number of ketones is 1. The molecule has 0 amide bonds. The van der Waals surface area contributed by atoms with E-state index in [1.165, 1.54) is 13.2 Å².